The van der Waals surface area contributed by atoms with Gasteiger partial charge in [0.25, 0.3) is 0 Å². The number of rotatable bonds is 3. The van der Waals surface area contributed by atoms with E-state index in [0.29, 0.717) is 5.56 Å². The molecule has 94 valence electrons. The molecule has 0 spiro atoms. The van der Waals surface area contributed by atoms with Gasteiger partial charge < -0.3 is 10.6 Å². The highest BCUT2D eigenvalue weighted by molar-refractivity contribution is 5.82. The average Bonchev–Trinajstić information content (AvgIpc) is 2.92. The van der Waals surface area contributed by atoms with Crippen LogP contribution in [0.2, 0.25) is 0 Å². The molecular formula is C14H17N3O. The van der Waals surface area contributed by atoms with E-state index >= 15 is 0 Å². The van der Waals surface area contributed by atoms with Crippen molar-refractivity contribution < 1.29 is 4.79 Å². The maximum atomic E-state index is 11.9. The minimum atomic E-state index is -0.0757. The zero-order valence-corrected chi connectivity index (χ0v) is 10.4. The fourth-order valence-corrected chi connectivity index (χ4v) is 2.18. The molecule has 1 heterocycles. The van der Waals surface area contributed by atoms with Crippen LogP contribution in [0.4, 0.5) is 0 Å². The van der Waals surface area contributed by atoms with Crippen molar-refractivity contribution in [2.75, 3.05) is 6.54 Å². The minimum Gasteiger partial charge on any atom is -0.348 e. The topological polar surface area (TPSA) is 64.9 Å². The van der Waals surface area contributed by atoms with Crippen LogP contribution in [0.1, 0.15) is 36.9 Å². The second kappa shape index (κ2) is 5.65. The number of amides is 1. The first-order valence-electron chi connectivity index (χ1n) is 6.24. The number of hydrogen-bond donors (Lipinski definition) is 2. The van der Waals surface area contributed by atoms with Gasteiger partial charge >= 0.3 is 0 Å². The Hall–Kier alpha value is -1.86. The van der Waals surface area contributed by atoms with Gasteiger partial charge in [0.1, 0.15) is 0 Å². The fourth-order valence-electron chi connectivity index (χ4n) is 2.18. The van der Waals surface area contributed by atoms with E-state index in [0.717, 1.165) is 24.9 Å². The molecule has 1 aliphatic rings. The van der Waals surface area contributed by atoms with Crippen molar-refractivity contribution in [3.63, 3.8) is 0 Å². The van der Waals surface area contributed by atoms with Gasteiger partial charge in [-0.3, -0.25) is 4.79 Å². The van der Waals surface area contributed by atoms with Crippen molar-refractivity contribution in [1.82, 2.24) is 10.6 Å². The molecule has 1 amide bonds. The molecule has 4 heteroatoms. The summed E-state index contributed by atoms with van der Waals surface area (Å²) in [5.74, 6) is 0.0439. The Morgan fingerprint density at radius 2 is 2.44 bits per heavy atom. The van der Waals surface area contributed by atoms with Crippen LogP contribution in [-0.4, -0.2) is 18.5 Å². The molecule has 1 aromatic carbocycles. The summed E-state index contributed by atoms with van der Waals surface area (Å²) < 4.78 is 0. The molecule has 2 rings (SSSR count). The number of nitriles is 1. The van der Waals surface area contributed by atoms with E-state index in [1.54, 1.807) is 6.07 Å². The molecule has 0 aliphatic carbocycles. The van der Waals surface area contributed by atoms with Gasteiger partial charge in [0.05, 0.1) is 23.7 Å². The lowest BCUT2D eigenvalue weighted by Crippen LogP contribution is -2.41. The molecule has 0 radical (unpaired) electrons. The predicted molar refractivity (Wildman–Crippen MR) is 68.7 cm³/mol. The Morgan fingerprint density at radius 3 is 3.11 bits per heavy atom. The fraction of sp³-hybridized carbons (Fsp3) is 0.429. The summed E-state index contributed by atoms with van der Waals surface area (Å²) in [5.41, 5.74) is 1.58. The van der Waals surface area contributed by atoms with E-state index in [2.05, 4.69) is 16.7 Å². The third kappa shape index (κ3) is 2.88. The number of nitrogens with one attached hydrogen (secondary N) is 2. The van der Waals surface area contributed by atoms with Crippen molar-refractivity contribution >= 4 is 5.91 Å². The first kappa shape index (κ1) is 12.6. The molecule has 2 atom stereocenters. The molecule has 0 aromatic heterocycles. The van der Waals surface area contributed by atoms with Crippen molar-refractivity contribution in [3.05, 3.63) is 35.4 Å². The second-order valence-electron chi connectivity index (χ2n) is 4.62. The van der Waals surface area contributed by atoms with Crippen LogP contribution in [-0.2, 0) is 4.79 Å². The predicted octanol–water partition coefficient (Wildman–Crippen LogP) is 1.49. The number of benzene rings is 1. The summed E-state index contributed by atoms with van der Waals surface area (Å²) in [4.78, 5) is 11.9. The zero-order chi connectivity index (χ0) is 13.0. The van der Waals surface area contributed by atoms with Gasteiger partial charge in [-0.25, -0.2) is 0 Å². The van der Waals surface area contributed by atoms with E-state index in [9.17, 15) is 4.79 Å². The molecule has 18 heavy (non-hydrogen) atoms. The van der Waals surface area contributed by atoms with E-state index < -0.39 is 0 Å². The van der Waals surface area contributed by atoms with E-state index in [4.69, 9.17) is 5.26 Å². The van der Waals surface area contributed by atoms with E-state index in [1.807, 2.05) is 25.1 Å². The molecule has 2 N–H and O–H groups in total. The van der Waals surface area contributed by atoms with E-state index in [1.165, 1.54) is 0 Å². The minimum absolute atomic E-state index is 0.0439. The van der Waals surface area contributed by atoms with Crippen molar-refractivity contribution in [3.8, 4) is 6.07 Å². The lowest BCUT2D eigenvalue weighted by molar-refractivity contribution is -0.123. The Morgan fingerprint density at radius 1 is 1.61 bits per heavy atom. The summed E-state index contributed by atoms with van der Waals surface area (Å²) in [5, 5.41) is 15.0. The van der Waals surface area contributed by atoms with Crippen molar-refractivity contribution in [1.29, 1.82) is 5.26 Å². The van der Waals surface area contributed by atoms with Gasteiger partial charge in [-0.1, -0.05) is 12.1 Å². The standard InChI is InChI=1S/C14H17N3O/c1-10(12-5-2-4-11(8-12)9-15)17-14(18)13-6-3-7-16-13/h2,4-5,8,10,13,16H,3,6-7H2,1H3,(H,17,18)/t10-,13-/m1/s1. The molecule has 1 fully saturated rings. The van der Waals surface area contributed by atoms with Gasteiger partial charge in [0.15, 0.2) is 0 Å². The normalized spacial score (nSPS) is 20.1. The molecular weight excluding hydrogens is 226 g/mol. The van der Waals surface area contributed by atoms with Crippen LogP contribution in [0, 0.1) is 11.3 Å². The molecule has 1 aliphatic heterocycles. The molecule has 0 unspecified atom stereocenters. The Bertz CT molecular complexity index is 472. The van der Waals surface area contributed by atoms with Gasteiger partial charge in [-0.05, 0) is 44.0 Å². The first-order valence-corrected chi connectivity index (χ1v) is 6.24. The largest absolute Gasteiger partial charge is 0.348 e. The summed E-state index contributed by atoms with van der Waals surface area (Å²) in [6.07, 6.45) is 1.95. The highest BCUT2D eigenvalue weighted by atomic mass is 16.2. The van der Waals surface area contributed by atoms with Gasteiger partial charge in [-0.15, -0.1) is 0 Å². The summed E-state index contributed by atoms with van der Waals surface area (Å²) >= 11 is 0. The monoisotopic (exact) mass is 243 g/mol. The Balaban J connectivity index is 2.00. The van der Waals surface area contributed by atoms with Crippen LogP contribution < -0.4 is 10.6 Å². The maximum Gasteiger partial charge on any atom is 0.237 e. The second-order valence-corrected chi connectivity index (χ2v) is 4.62. The Kier molecular flexibility index (Phi) is 3.96. The summed E-state index contributed by atoms with van der Waals surface area (Å²) in [7, 11) is 0. The molecule has 0 saturated carbocycles. The summed E-state index contributed by atoms with van der Waals surface area (Å²) in [6.45, 7) is 2.85. The number of hydrogen-bond acceptors (Lipinski definition) is 3. The molecule has 4 nitrogen and oxygen atoms in total. The smallest absolute Gasteiger partial charge is 0.237 e. The van der Waals surface area contributed by atoms with Crippen LogP contribution in [0.15, 0.2) is 24.3 Å². The lowest BCUT2D eigenvalue weighted by Gasteiger charge is -2.17. The lowest BCUT2D eigenvalue weighted by atomic mass is 10.1. The maximum absolute atomic E-state index is 11.9. The highest BCUT2D eigenvalue weighted by Gasteiger charge is 2.23. The number of carbonyl (C=O) groups is 1. The highest BCUT2D eigenvalue weighted by Crippen LogP contribution is 2.15. The number of carbonyl (C=O) groups excluding carboxylic acids is 1. The zero-order valence-electron chi connectivity index (χ0n) is 10.4. The van der Waals surface area contributed by atoms with Crippen molar-refractivity contribution in [2.24, 2.45) is 0 Å². The van der Waals surface area contributed by atoms with Crippen LogP contribution in [0.25, 0.3) is 0 Å². The van der Waals surface area contributed by atoms with E-state index in [-0.39, 0.29) is 18.0 Å². The van der Waals surface area contributed by atoms with Gasteiger partial charge in [0.2, 0.25) is 5.91 Å². The average molecular weight is 243 g/mol. The molecule has 0 bridgehead atoms. The third-order valence-electron chi connectivity index (χ3n) is 3.25. The Labute approximate surface area is 107 Å². The number of nitrogens with zero attached hydrogens (tertiary/aromatic N) is 1. The van der Waals surface area contributed by atoms with Crippen LogP contribution in [0.5, 0.6) is 0 Å². The SMILES string of the molecule is C[C@@H](NC(=O)[C@H]1CCCN1)c1cccc(C#N)c1. The van der Waals surface area contributed by atoms with Gasteiger partial charge in [-0.2, -0.15) is 5.26 Å². The first-order chi connectivity index (χ1) is 8.70. The molecule has 1 saturated heterocycles. The van der Waals surface area contributed by atoms with Gasteiger partial charge in [0, 0.05) is 0 Å². The third-order valence-corrected chi connectivity index (χ3v) is 3.25. The quantitative estimate of drug-likeness (QED) is 0.845. The summed E-state index contributed by atoms with van der Waals surface area (Å²) in [6, 6.07) is 9.30. The van der Waals surface area contributed by atoms with Crippen LogP contribution in [0.3, 0.4) is 0 Å². The van der Waals surface area contributed by atoms with Crippen molar-refractivity contribution in [2.45, 2.75) is 31.8 Å². The van der Waals surface area contributed by atoms with Crippen LogP contribution >= 0.6 is 0 Å². The molecule has 1 aromatic rings.